The molecule has 0 saturated carbocycles. The maximum absolute atomic E-state index is 10.9. The molecule has 0 amide bonds. The summed E-state index contributed by atoms with van der Waals surface area (Å²) in [5.41, 5.74) is 2.59. The van der Waals surface area contributed by atoms with Crippen molar-refractivity contribution in [2.24, 2.45) is 0 Å². The fourth-order valence-corrected chi connectivity index (χ4v) is 1.48. The maximum Gasteiger partial charge on any atom is 0.331 e. The first-order valence-electron chi connectivity index (χ1n) is 5.05. The van der Waals surface area contributed by atoms with Crippen LogP contribution in [-0.4, -0.2) is 11.1 Å². The summed E-state index contributed by atoms with van der Waals surface area (Å²) < 4.78 is 0. The van der Waals surface area contributed by atoms with E-state index < -0.39 is 5.97 Å². The summed E-state index contributed by atoms with van der Waals surface area (Å²) >= 11 is 0. The van der Waals surface area contributed by atoms with Gasteiger partial charge in [0, 0.05) is 5.57 Å². The summed E-state index contributed by atoms with van der Waals surface area (Å²) in [6.07, 6.45) is 1.38. The van der Waals surface area contributed by atoms with Crippen LogP contribution in [0.5, 0.6) is 0 Å². The summed E-state index contributed by atoms with van der Waals surface area (Å²) in [7, 11) is 0. The van der Waals surface area contributed by atoms with Gasteiger partial charge in [0.05, 0.1) is 0 Å². The third kappa shape index (κ3) is 3.58. The number of carbonyl (C=O) groups is 1. The molecule has 0 radical (unpaired) electrons. The second kappa shape index (κ2) is 5.35. The van der Waals surface area contributed by atoms with Gasteiger partial charge in [0.25, 0.3) is 0 Å². The highest BCUT2D eigenvalue weighted by atomic mass is 16.4. The lowest BCUT2D eigenvalue weighted by Crippen LogP contribution is -2.04. The van der Waals surface area contributed by atoms with Crippen LogP contribution in [0, 0.1) is 0 Å². The van der Waals surface area contributed by atoms with Crippen LogP contribution in [0.1, 0.15) is 25.8 Å². The van der Waals surface area contributed by atoms with Crippen molar-refractivity contribution in [1.82, 2.24) is 0 Å². The average molecular weight is 204 g/mol. The van der Waals surface area contributed by atoms with Crippen molar-refractivity contribution in [3.05, 3.63) is 47.0 Å². The molecule has 80 valence electrons. The molecule has 1 aromatic carbocycles. The molecule has 1 N–H and O–H groups in total. The van der Waals surface area contributed by atoms with E-state index in [4.69, 9.17) is 5.11 Å². The SMILES string of the molecule is CC(C)=C(CCc1ccccc1)C(=O)O. The van der Waals surface area contributed by atoms with Crippen molar-refractivity contribution in [3.63, 3.8) is 0 Å². The molecule has 0 atom stereocenters. The first-order chi connectivity index (χ1) is 7.11. The molecule has 1 aromatic rings. The number of benzene rings is 1. The van der Waals surface area contributed by atoms with E-state index >= 15 is 0 Å². The Balaban J connectivity index is 2.64. The van der Waals surface area contributed by atoms with Gasteiger partial charge in [-0.3, -0.25) is 0 Å². The van der Waals surface area contributed by atoms with Gasteiger partial charge in [-0.15, -0.1) is 0 Å². The quantitative estimate of drug-likeness (QED) is 0.765. The third-order valence-electron chi connectivity index (χ3n) is 2.37. The lowest BCUT2D eigenvalue weighted by Gasteiger charge is -2.04. The lowest BCUT2D eigenvalue weighted by atomic mass is 10.0. The third-order valence-corrected chi connectivity index (χ3v) is 2.37. The zero-order valence-electron chi connectivity index (χ0n) is 9.16. The predicted octanol–water partition coefficient (Wildman–Crippen LogP) is 3.04. The minimum Gasteiger partial charge on any atom is -0.478 e. The molecule has 0 fully saturated rings. The normalized spacial score (nSPS) is 9.73. The Morgan fingerprint density at radius 1 is 1.20 bits per heavy atom. The summed E-state index contributed by atoms with van der Waals surface area (Å²) in [6.45, 7) is 3.68. The standard InChI is InChI=1S/C13H16O2/c1-10(2)12(13(14)15)9-8-11-6-4-3-5-7-11/h3-7H,8-9H2,1-2H3,(H,14,15). The average Bonchev–Trinajstić information content (AvgIpc) is 2.18. The van der Waals surface area contributed by atoms with Crippen LogP contribution in [0.3, 0.4) is 0 Å². The number of hydrogen-bond acceptors (Lipinski definition) is 1. The first kappa shape index (κ1) is 11.5. The molecule has 2 nitrogen and oxygen atoms in total. The molecular weight excluding hydrogens is 188 g/mol. The molecule has 0 unspecified atom stereocenters. The summed E-state index contributed by atoms with van der Waals surface area (Å²) in [5, 5.41) is 8.96. The van der Waals surface area contributed by atoms with E-state index in [1.54, 1.807) is 0 Å². The number of aliphatic carboxylic acids is 1. The zero-order valence-corrected chi connectivity index (χ0v) is 9.16. The fraction of sp³-hybridized carbons (Fsp3) is 0.308. The topological polar surface area (TPSA) is 37.3 Å². The predicted molar refractivity (Wildman–Crippen MR) is 60.8 cm³/mol. The Morgan fingerprint density at radius 3 is 2.27 bits per heavy atom. The number of rotatable bonds is 4. The number of allylic oxidation sites excluding steroid dienone is 1. The molecule has 0 aliphatic carbocycles. The van der Waals surface area contributed by atoms with Gasteiger partial charge in [-0.2, -0.15) is 0 Å². The largest absolute Gasteiger partial charge is 0.478 e. The number of aryl methyl sites for hydroxylation is 1. The van der Waals surface area contributed by atoms with Crippen molar-refractivity contribution >= 4 is 5.97 Å². The smallest absolute Gasteiger partial charge is 0.331 e. The molecule has 0 spiro atoms. The van der Waals surface area contributed by atoms with Gasteiger partial charge in [0.15, 0.2) is 0 Å². The minimum absolute atomic E-state index is 0.527. The molecule has 0 aromatic heterocycles. The van der Waals surface area contributed by atoms with Gasteiger partial charge in [-0.05, 0) is 32.3 Å². The monoisotopic (exact) mass is 204 g/mol. The molecule has 0 aliphatic rings. The van der Waals surface area contributed by atoms with Gasteiger partial charge in [0.2, 0.25) is 0 Å². The van der Waals surface area contributed by atoms with Crippen LogP contribution in [-0.2, 0) is 11.2 Å². The maximum atomic E-state index is 10.9. The van der Waals surface area contributed by atoms with Crippen LogP contribution >= 0.6 is 0 Å². The van der Waals surface area contributed by atoms with Crippen molar-refractivity contribution in [2.75, 3.05) is 0 Å². The van der Waals surface area contributed by atoms with Gasteiger partial charge < -0.3 is 5.11 Å². The summed E-state index contributed by atoms with van der Waals surface area (Å²) in [6, 6.07) is 9.94. The van der Waals surface area contributed by atoms with Crippen molar-refractivity contribution < 1.29 is 9.90 Å². The second-order valence-corrected chi connectivity index (χ2v) is 3.77. The molecule has 0 saturated heterocycles. The molecule has 0 bridgehead atoms. The van der Waals surface area contributed by atoms with E-state index in [1.165, 1.54) is 5.56 Å². The van der Waals surface area contributed by atoms with Crippen LogP contribution in [0.2, 0.25) is 0 Å². The molecule has 1 rings (SSSR count). The summed E-state index contributed by atoms with van der Waals surface area (Å²) in [4.78, 5) is 10.9. The summed E-state index contributed by atoms with van der Waals surface area (Å²) in [5.74, 6) is -0.800. The molecule has 2 heteroatoms. The zero-order chi connectivity index (χ0) is 11.3. The van der Waals surface area contributed by atoms with Gasteiger partial charge in [-0.25, -0.2) is 4.79 Å². The Hall–Kier alpha value is -1.57. The number of carboxylic acid groups (broad SMARTS) is 1. The van der Waals surface area contributed by atoms with E-state index in [9.17, 15) is 4.79 Å². The molecular formula is C13H16O2. The fourth-order valence-electron chi connectivity index (χ4n) is 1.48. The van der Waals surface area contributed by atoms with Crippen molar-refractivity contribution in [1.29, 1.82) is 0 Å². The van der Waals surface area contributed by atoms with E-state index in [0.717, 1.165) is 12.0 Å². The van der Waals surface area contributed by atoms with E-state index in [-0.39, 0.29) is 0 Å². The van der Waals surface area contributed by atoms with E-state index in [1.807, 2.05) is 44.2 Å². The molecule has 0 aliphatic heterocycles. The van der Waals surface area contributed by atoms with Gasteiger partial charge >= 0.3 is 5.97 Å². The number of hydrogen-bond donors (Lipinski definition) is 1. The Labute approximate surface area is 90.3 Å². The Kier molecular flexibility index (Phi) is 4.10. The van der Waals surface area contributed by atoms with Crippen molar-refractivity contribution in [3.8, 4) is 0 Å². The Bertz CT molecular complexity index is 359. The highest BCUT2D eigenvalue weighted by Crippen LogP contribution is 2.13. The van der Waals surface area contributed by atoms with Crippen LogP contribution in [0.25, 0.3) is 0 Å². The van der Waals surface area contributed by atoms with E-state index in [0.29, 0.717) is 12.0 Å². The number of carboxylic acids is 1. The van der Waals surface area contributed by atoms with Gasteiger partial charge in [-0.1, -0.05) is 35.9 Å². The Morgan fingerprint density at radius 2 is 1.80 bits per heavy atom. The first-order valence-corrected chi connectivity index (χ1v) is 5.05. The van der Waals surface area contributed by atoms with Crippen LogP contribution in [0.4, 0.5) is 0 Å². The highest BCUT2D eigenvalue weighted by molar-refractivity contribution is 5.87. The second-order valence-electron chi connectivity index (χ2n) is 3.77. The molecule has 0 heterocycles. The van der Waals surface area contributed by atoms with Crippen molar-refractivity contribution in [2.45, 2.75) is 26.7 Å². The molecule has 15 heavy (non-hydrogen) atoms. The van der Waals surface area contributed by atoms with E-state index in [2.05, 4.69) is 0 Å². The lowest BCUT2D eigenvalue weighted by molar-refractivity contribution is -0.132. The van der Waals surface area contributed by atoms with Gasteiger partial charge in [0.1, 0.15) is 0 Å². The van der Waals surface area contributed by atoms with Crippen LogP contribution in [0.15, 0.2) is 41.5 Å². The van der Waals surface area contributed by atoms with Crippen LogP contribution < -0.4 is 0 Å². The minimum atomic E-state index is -0.800. The highest BCUT2D eigenvalue weighted by Gasteiger charge is 2.08.